The Bertz CT molecular complexity index is 199. The molecule has 0 saturated heterocycles. The molecule has 0 unspecified atom stereocenters. The van der Waals surface area contributed by atoms with Gasteiger partial charge in [0, 0.05) is 0 Å². The van der Waals surface area contributed by atoms with Gasteiger partial charge in [0.15, 0.2) is 0 Å². The molecular weight excluding hydrogens is 152 g/mol. The molecule has 0 aliphatic heterocycles. The smallest absolute Gasteiger partial charge is 0.258 e. The highest BCUT2D eigenvalue weighted by molar-refractivity contribution is 5.00. The number of hydrogen-bond acceptors (Lipinski definition) is 4. The van der Waals surface area contributed by atoms with Crippen molar-refractivity contribution in [2.24, 2.45) is 0 Å². The van der Waals surface area contributed by atoms with Crippen LogP contribution in [0, 0.1) is 20.2 Å². The monoisotopic (exact) mass is 158 g/mol. The van der Waals surface area contributed by atoms with Crippen molar-refractivity contribution in [1.82, 2.24) is 0 Å². The molecule has 0 bridgehead atoms. The van der Waals surface area contributed by atoms with Crippen molar-refractivity contribution in [3.8, 4) is 0 Å². The largest absolute Gasteiger partial charge is 0.496 e. The van der Waals surface area contributed by atoms with Crippen LogP contribution < -0.4 is 0 Å². The van der Waals surface area contributed by atoms with Crippen LogP contribution in [0.3, 0.4) is 0 Å². The lowest BCUT2D eigenvalue weighted by atomic mass is 10.2. The molecule has 0 aromatic heterocycles. The van der Waals surface area contributed by atoms with Gasteiger partial charge in [-0.3, -0.25) is 20.2 Å². The summed E-state index contributed by atoms with van der Waals surface area (Å²) in [5.74, 6) is 0. The molecule has 0 aromatic carbocycles. The Balaban J connectivity index is 5.07. The molecule has 0 saturated carbocycles. The van der Waals surface area contributed by atoms with Crippen molar-refractivity contribution < 1.29 is 9.85 Å². The summed E-state index contributed by atoms with van der Waals surface area (Å²) >= 11 is 0. The van der Waals surface area contributed by atoms with E-state index in [1.54, 1.807) is 0 Å². The molecule has 0 spiro atoms. The van der Waals surface area contributed by atoms with Crippen molar-refractivity contribution in [2.45, 2.75) is 5.66 Å². The predicted molar refractivity (Wildman–Crippen MR) is 37.1 cm³/mol. The van der Waals surface area contributed by atoms with E-state index in [1.807, 2.05) is 0 Å². The molecule has 6 heteroatoms. The first kappa shape index (κ1) is 9.28. The minimum absolute atomic E-state index is 0.625. The highest BCUT2D eigenvalue weighted by Crippen LogP contribution is 2.12. The zero-order chi connectivity index (χ0) is 9.07. The molecule has 6 nitrogen and oxygen atoms in total. The second kappa shape index (κ2) is 2.91. The molecule has 0 aliphatic rings. The molecule has 0 N–H and O–H groups in total. The second-order valence-corrected chi connectivity index (χ2v) is 1.71. The van der Waals surface area contributed by atoms with Gasteiger partial charge >= 0.3 is 5.66 Å². The second-order valence-electron chi connectivity index (χ2n) is 1.71. The van der Waals surface area contributed by atoms with E-state index in [0.717, 1.165) is 0 Å². The van der Waals surface area contributed by atoms with Gasteiger partial charge in [0.05, 0.1) is 12.2 Å². The Morgan fingerprint density at radius 1 is 1.09 bits per heavy atom. The summed E-state index contributed by atoms with van der Waals surface area (Å²) < 4.78 is 0. The molecule has 0 aromatic rings. The fourth-order valence-corrected chi connectivity index (χ4v) is 0.448. The van der Waals surface area contributed by atoms with Crippen LogP contribution >= 0.6 is 0 Å². The van der Waals surface area contributed by atoms with E-state index in [-0.39, 0.29) is 0 Å². The SMILES string of the molecule is C=CC(C=C)([N+](=O)[O-])[N+](=O)[O-]. The lowest BCUT2D eigenvalue weighted by Crippen LogP contribution is -2.41. The van der Waals surface area contributed by atoms with Crippen LogP contribution in [-0.4, -0.2) is 15.5 Å². The van der Waals surface area contributed by atoms with Crippen LogP contribution in [-0.2, 0) is 0 Å². The maximum Gasteiger partial charge on any atom is 0.496 e. The van der Waals surface area contributed by atoms with Gasteiger partial charge in [0.1, 0.15) is 9.85 Å². The maximum absolute atomic E-state index is 10.1. The zero-order valence-electron chi connectivity index (χ0n) is 5.60. The third-order valence-electron chi connectivity index (χ3n) is 1.19. The summed E-state index contributed by atoms with van der Waals surface area (Å²) in [4.78, 5) is 18.2. The lowest BCUT2D eigenvalue weighted by Gasteiger charge is -2.06. The third-order valence-corrected chi connectivity index (χ3v) is 1.19. The van der Waals surface area contributed by atoms with Gasteiger partial charge in [0.2, 0.25) is 0 Å². The maximum atomic E-state index is 10.1. The molecule has 0 heterocycles. The van der Waals surface area contributed by atoms with Crippen LogP contribution in [0.2, 0.25) is 0 Å². The molecule has 0 amide bonds. The van der Waals surface area contributed by atoms with E-state index in [4.69, 9.17) is 0 Å². The van der Waals surface area contributed by atoms with Crippen molar-refractivity contribution in [3.05, 3.63) is 45.5 Å². The molecule has 0 rings (SSSR count). The van der Waals surface area contributed by atoms with Crippen molar-refractivity contribution in [3.63, 3.8) is 0 Å². The van der Waals surface area contributed by atoms with E-state index in [1.165, 1.54) is 0 Å². The molecule has 0 fully saturated rings. The van der Waals surface area contributed by atoms with Gasteiger partial charge in [-0.05, 0) is 0 Å². The summed E-state index contributed by atoms with van der Waals surface area (Å²) in [7, 11) is 0. The Kier molecular flexibility index (Phi) is 2.46. The van der Waals surface area contributed by atoms with Crippen molar-refractivity contribution in [2.75, 3.05) is 0 Å². The van der Waals surface area contributed by atoms with Gasteiger partial charge < -0.3 is 0 Å². The first-order valence-electron chi connectivity index (χ1n) is 2.57. The number of hydrogen-bond donors (Lipinski definition) is 0. The summed E-state index contributed by atoms with van der Waals surface area (Å²) in [6, 6.07) is 0. The zero-order valence-corrected chi connectivity index (χ0v) is 5.60. The average molecular weight is 158 g/mol. The topological polar surface area (TPSA) is 86.3 Å². The van der Waals surface area contributed by atoms with E-state index >= 15 is 0 Å². The molecule has 60 valence electrons. The van der Waals surface area contributed by atoms with Gasteiger partial charge in [-0.25, -0.2) is 0 Å². The molecule has 0 radical (unpaired) electrons. The fourth-order valence-electron chi connectivity index (χ4n) is 0.448. The van der Waals surface area contributed by atoms with Crippen LogP contribution in [0.25, 0.3) is 0 Å². The van der Waals surface area contributed by atoms with Crippen LogP contribution in [0.4, 0.5) is 0 Å². The number of nitrogens with zero attached hydrogens (tertiary/aromatic N) is 2. The standard InChI is InChI=1S/C5H6N2O4/c1-3-5(4-2,6(8)9)7(10)11/h3-4H,1-2H2. The molecule has 0 aliphatic carbocycles. The summed E-state index contributed by atoms with van der Waals surface area (Å²) in [5, 5.41) is 20.3. The minimum atomic E-state index is -2.44. The fraction of sp³-hybridized carbons (Fsp3) is 0.200. The molecule has 0 atom stereocenters. The van der Waals surface area contributed by atoms with Crippen LogP contribution in [0.1, 0.15) is 0 Å². The quantitative estimate of drug-likeness (QED) is 0.259. The average Bonchev–Trinajstić information content (AvgIpc) is 1.90. The lowest BCUT2D eigenvalue weighted by molar-refractivity contribution is -0.765. The number of nitro groups is 2. The van der Waals surface area contributed by atoms with Gasteiger partial charge in [-0.1, -0.05) is 13.2 Å². The van der Waals surface area contributed by atoms with Gasteiger partial charge in [0.25, 0.3) is 0 Å². The Morgan fingerprint density at radius 2 is 1.36 bits per heavy atom. The van der Waals surface area contributed by atoms with E-state index in [9.17, 15) is 20.2 Å². The normalized spacial score (nSPS) is 10.2. The van der Waals surface area contributed by atoms with Gasteiger partial charge in [-0.15, -0.1) is 0 Å². The first-order valence-corrected chi connectivity index (χ1v) is 2.57. The predicted octanol–water partition coefficient (Wildman–Crippen LogP) is 0.608. The first-order chi connectivity index (χ1) is 5.01. The third kappa shape index (κ3) is 1.23. The van der Waals surface area contributed by atoms with Crippen molar-refractivity contribution in [1.29, 1.82) is 0 Å². The van der Waals surface area contributed by atoms with Crippen LogP contribution in [0.15, 0.2) is 25.3 Å². The highest BCUT2D eigenvalue weighted by atomic mass is 16.7. The van der Waals surface area contributed by atoms with Gasteiger partial charge in [-0.2, -0.15) is 0 Å². The summed E-state index contributed by atoms with van der Waals surface area (Å²) in [5.41, 5.74) is -2.44. The van der Waals surface area contributed by atoms with E-state index in [2.05, 4.69) is 13.2 Å². The Labute approximate surface area is 62.1 Å². The molecule has 11 heavy (non-hydrogen) atoms. The Morgan fingerprint density at radius 3 is 1.36 bits per heavy atom. The summed E-state index contributed by atoms with van der Waals surface area (Å²) in [6.07, 6.45) is 1.25. The van der Waals surface area contributed by atoms with E-state index < -0.39 is 15.5 Å². The van der Waals surface area contributed by atoms with E-state index in [0.29, 0.717) is 12.2 Å². The highest BCUT2D eigenvalue weighted by Gasteiger charge is 2.49. The molecular formula is C5H6N2O4. The summed E-state index contributed by atoms with van der Waals surface area (Å²) in [6.45, 7) is 5.98. The minimum Gasteiger partial charge on any atom is -0.258 e. The Hall–Kier alpha value is -1.72. The van der Waals surface area contributed by atoms with Crippen LogP contribution in [0.5, 0.6) is 0 Å². The van der Waals surface area contributed by atoms with Crippen molar-refractivity contribution >= 4 is 0 Å². The number of rotatable bonds is 4.